The van der Waals surface area contributed by atoms with Crippen molar-refractivity contribution in [2.24, 2.45) is 0 Å². The molecule has 0 saturated carbocycles. The average molecular weight is 321 g/mol. The van der Waals surface area contributed by atoms with Gasteiger partial charge in [0.2, 0.25) is 0 Å². The lowest BCUT2D eigenvalue weighted by molar-refractivity contribution is 0.0332. The smallest absolute Gasteiger partial charge is 0.136 e. The van der Waals surface area contributed by atoms with Crippen molar-refractivity contribution in [3.05, 3.63) is 47.4 Å². The van der Waals surface area contributed by atoms with Crippen LogP contribution in [0.2, 0.25) is 0 Å². The molecule has 1 atom stereocenters. The van der Waals surface area contributed by atoms with Crippen LogP contribution < -0.4 is 10.1 Å². The second-order valence-corrected chi connectivity index (χ2v) is 6.33. The first-order valence-electron chi connectivity index (χ1n) is 7.17. The highest BCUT2D eigenvalue weighted by Crippen LogP contribution is 2.28. The van der Waals surface area contributed by atoms with Gasteiger partial charge in [0.15, 0.2) is 0 Å². The summed E-state index contributed by atoms with van der Waals surface area (Å²) >= 11 is 1.66. The Bertz CT molecular complexity index is 622. The first-order chi connectivity index (χ1) is 10.5. The molecule has 0 saturated heterocycles. The maximum atomic E-state index is 10.5. The van der Waals surface area contributed by atoms with Crippen LogP contribution in [0.15, 0.2) is 39.6 Å². The van der Waals surface area contributed by atoms with Gasteiger partial charge in [0, 0.05) is 18.0 Å². The van der Waals surface area contributed by atoms with Crippen LogP contribution in [0.4, 0.5) is 0 Å². The molecule has 4 nitrogen and oxygen atoms in total. The Hall–Kier alpha value is -1.43. The second-order valence-electron chi connectivity index (χ2n) is 5.48. The third kappa shape index (κ3) is 4.06. The zero-order valence-electron chi connectivity index (χ0n) is 13.5. The fourth-order valence-corrected chi connectivity index (χ4v) is 2.87. The Morgan fingerprint density at radius 3 is 2.68 bits per heavy atom. The molecule has 0 radical (unpaired) electrons. The van der Waals surface area contributed by atoms with E-state index >= 15 is 0 Å². The van der Waals surface area contributed by atoms with E-state index in [1.54, 1.807) is 25.8 Å². The summed E-state index contributed by atoms with van der Waals surface area (Å²) in [4.78, 5) is 1.11. The van der Waals surface area contributed by atoms with Crippen LogP contribution in [0, 0.1) is 6.92 Å². The predicted octanol–water partition coefficient (Wildman–Crippen LogP) is 3.32. The molecule has 0 fully saturated rings. The van der Waals surface area contributed by atoms with E-state index in [1.165, 1.54) is 0 Å². The van der Waals surface area contributed by atoms with E-state index in [1.807, 2.05) is 37.4 Å². The van der Waals surface area contributed by atoms with Gasteiger partial charge in [-0.25, -0.2) is 0 Å². The maximum absolute atomic E-state index is 10.5. The molecule has 22 heavy (non-hydrogen) atoms. The van der Waals surface area contributed by atoms with Crippen molar-refractivity contribution >= 4 is 11.8 Å². The standard InChI is InChI=1S/C17H23NO3S/c1-12-5-8-16(21-12)17(2,19)11-18-10-13-6-7-14(20-3)15(9-13)22-4/h5-9,18-19H,10-11H2,1-4H3. The number of hydrogen-bond donors (Lipinski definition) is 2. The number of aliphatic hydroxyl groups is 1. The van der Waals surface area contributed by atoms with Crippen LogP contribution in [-0.2, 0) is 12.1 Å². The van der Waals surface area contributed by atoms with Crippen LogP contribution in [0.5, 0.6) is 5.75 Å². The van der Waals surface area contributed by atoms with Crippen molar-refractivity contribution in [1.82, 2.24) is 5.32 Å². The molecular weight excluding hydrogens is 298 g/mol. The van der Waals surface area contributed by atoms with Gasteiger partial charge in [-0.3, -0.25) is 0 Å². The summed E-state index contributed by atoms with van der Waals surface area (Å²) in [6, 6.07) is 9.77. The van der Waals surface area contributed by atoms with E-state index in [9.17, 15) is 5.11 Å². The van der Waals surface area contributed by atoms with E-state index in [-0.39, 0.29) is 0 Å². The number of methoxy groups -OCH3 is 1. The highest BCUT2D eigenvalue weighted by atomic mass is 32.2. The number of ether oxygens (including phenoxy) is 1. The van der Waals surface area contributed by atoms with E-state index in [0.29, 0.717) is 18.8 Å². The number of benzene rings is 1. The van der Waals surface area contributed by atoms with E-state index in [4.69, 9.17) is 9.15 Å². The minimum Gasteiger partial charge on any atom is -0.496 e. The summed E-state index contributed by atoms with van der Waals surface area (Å²) in [5, 5.41) is 13.8. The van der Waals surface area contributed by atoms with Gasteiger partial charge in [-0.1, -0.05) is 6.07 Å². The summed E-state index contributed by atoms with van der Waals surface area (Å²) in [6.07, 6.45) is 2.03. The summed E-state index contributed by atoms with van der Waals surface area (Å²) in [6.45, 7) is 4.71. The SMILES string of the molecule is COc1ccc(CNCC(C)(O)c2ccc(C)o2)cc1SC. The fraction of sp³-hybridized carbons (Fsp3) is 0.412. The molecule has 120 valence electrons. The zero-order chi connectivity index (χ0) is 16.2. The van der Waals surface area contributed by atoms with Gasteiger partial charge >= 0.3 is 0 Å². The minimum absolute atomic E-state index is 0.417. The summed E-state index contributed by atoms with van der Waals surface area (Å²) in [5.74, 6) is 2.27. The largest absolute Gasteiger partial charge is 0.496 e. The molecule has 5 heteroatoms. The van der Waals surface area contributed by atoms with E-state index in [2.05, 4.69) is 11.4 Å². The molecule has 1 aromatic heterocycles. The highest BCUT2D eigenvalue weighted by molar-refractivity contribution is 7.98. The molecule has 0 spiro atoms. The summed E-state index contributed by atoms with van der Waals surface area (Å²) < 4.78 is 10.8. The van der Waals surface area contributed by atoms with Gasteiger partial charge in [-0.2, -0.15) is 0 Å². The van der Waals surface area contributed by atoms with E-state index < -0.39 is 5.60 Å². The average Bonchev–Trinajstić information content (AvgIpc) is 2.94. The molecule has 2 aromatic rings. The van der Waals surface area contributed by atoms with Gasteiger partial charge in [0.1, 0.15) is 22.9 Å². The molecular formula is C17H23NO3S. The Morgan fingerprint density at radius 1 is 1.32 bits per heavy atom. The second kappa shape index (κ2) is 7.22. The Morgan fingerprint density at radius 2 is 2.09 bits per heavy atom. The topological polar surface area (TPSA) is 54.6 Å². The van der Waals surface area contributed by atoms with Crippen LogP contribution in [0.3, 0.4) is 0 Å². The summed E-state index contributed by atoms with van der Waals surface area (Å²) in [5.41, 5.74) is 0.125. The molecule has 0 aliphatic heterocycles. The predicted molar refractivity (Wildman–Crippen MR) is 89.5 cm³/mol. The lowest BCUT2D eigenvalue weighted by Gasteiger charge is -2.21. The molecule has 0 aliphatic carbocycles. The lowest BCUT2D eigenvalue weighted by Crippen LogP contribution is -2.34. The fourth-order valence-electron chi connectivity index (χ4n) is 2.25. The van der Waals surface area contributed by atoms with Gasteiger partial charge in [0.05, 0.1) is 7.11 Å². The van der Waals surface area contributed by atoms with Crippen molar-refractivity contribution in [3.8, 4) is 5.75 Å². The van der Waals surface area contributed by atoms with Crippen molar-refractivity contribution in [2.45, 2.75) is 30.9 Å². The number of furan rings is 1. The summed E-state index contributed by atoms with van der Waals surface area (Å²) in [7, 11) is 1.68. The van der Waals surface area contributed by atoms with Crippen molar-refractivity contribution in [3.63, 3.8) is 0 Å². The molecule has 0 aliphatic rings. The maximum Gasteiger partial charge on any atom is 0.136 e. The zero-order valence-corrected chi connectivity index (χ0v) is 14.3. The minimum atomic E-state index is -1.02. The number of thioether (sulfide) groups is 1. The molecule has 1 unspecified atom stereocenters. The normalized spacial score (nSPS) is 13.9. The van der Waals surface area contributed by atoms with Gasteiger partial charge in [0.25, 0.3) is 0 Å². The first-order valence-corrected chi connectivity index (χ1v) is 8.39. The third-order valence-electron chi connectivity index (χ3n) is 3.52. The van der Waals surface area contributed by atoms with E-state index in [0.717, 1.165) is 22.0 Å². The van der Waals surface area contributed by atoms with Gasteiger partial charge in [-0.15, -0.1) is 11.8 Å². The molecule has 1 heterocycles. The van der Waals surface area contributed by atoms with Gasteiger partial charge in [-0.05, 0) is 49.9 Å². The lowest BCUT2D eigenvalue weighted by atomic mass is 10.0. The molecule has 1 aromatic carbocycles. The van der Waals surface area contributed by atoms with Crippen LogP contribution in [-0.4, -0.2) is 25.0 Å². The third-order valence-corrected chi connectivity index (χ3v) is 4.28. The van der Waals surface area contributed by atoms with Crippen molar-refractivity contribution < 1.29 is 14.3 Å². The molecule has 2 rings (SSSR count). The Labute approximate surface area is 135 Å². The number of rotatable bonds is 7. The van der Waals surface area contributed by atoms with Crippen molar-refractivity contribution in [1.29, 1.82) is 0 Å². The number of nitrogens with one attached hydrogen (secondary N) is 1. The Kier molecular flexibility index (Phi) is 5.56. The number of hydrogen-bond acceptors (Lipinski definition) is 5. The first kappa shape index (κ1) is 16.9. The number of aryl methyl sites for hydroxylation is 1. The van der Waals surface area contributed by atoms with Crippen LogP contribution in [0.1, 0.15) is 24.0 Å². The highest BCUT2D eigenvalue weighted by Gasteiger charge is 2.26. The van der Waals surface area contributed by atoms with Gasteiger partial charge < -0.3 is 19.6 Å². The Balaban J connectivity index is 1.96. The quantitative estimate of drug-likeness (QED) is 0.766. The monoisotopic (exact) mass is 321 g/mol. The molecule has 0 amide bonds. The van der Waals surface area contributed by atoms with Crippen LogP contribution >= 0.6 is 11.8 Å². The molecule has 2 N–H and O–H groups in total. The van der Waals surface area contributed by atoms with Crippen molar-refractivity contribution in [2.75, 3.05) is 19.9 Å². The molecule has 0 bridgehead atoms. The van der Waals surface area contributed by atoms with Crippen LogP contribution in [0.25, 0.3) is 0 Å².